The number of carbonyl (C=O) groups excluding carboxylic acids is 1. The minimum absolute atomic E-state index is 0.144. The van der Waals surface area contributed by atoms with Crippen molar-refractivity contribution in [1.29, 1.82) is 0 Å². The van der Waals surface area contributed by atoms with E-state index in [0.29, 0.717) is 6.42 Å². The fourth-order valence-corrected chi connectivity index (χ4v) is 0.856. The fourth-order valence-electron chi connectivity index (χ4n) is 0.856. The molecule has 0 unspecified atom stereocenters. The third-order valence-corrected chi connectivity index (χ3v) is 1.62. The number of aliphatic hydroxyl groups excluding tert-OH is 2. The molecule has 0 aliphatic heterocycles. The summed E-state index contributed by atoms with van der Waals surface area (Å²) in [5, 5.41) is 19.8. The molecule has 13 heavy (non-hydrogen) atoms. The van der Waals surface area contributed by atoms with Gasteiger partial charge in [-0.1, -0.05) is 6.08 Å². The molecule has 0 radical (unpaired) electrons. The number of carbonyl (C=O) groups is 1. The van der Waals surface area contributed by atoms with Crippen LogP contribution >= 0.6 is 0 Å². The van der Waals surface area contributed by atoms with Gasteiger partial charge in [0.05, 0.1) is 19.3 Å². The van der Waals surface area contributed by atoms with Crippen molar-refractivity contribution in [2.45, 2.75) is 25.3 Å². The van der Waals surface area contributed by atoms with Crippen LogP contribution in [-0.2, 0) is 4.79 Å². The number of amides is 1. The van der Waals surface area contributed by atoms with Gasteiger partial charge < -0.3 is 15.5 Å². The second-order valence-corrected chi connectivity index (χ2v) is 2.81. The molecule has 4 nitrogen and oxygen atoms in total. The van der Waals surface area contributed by atoms with Gasteiger partial charge in [-0.2, -0.15) is 0 Å². The molecule has 0 atom stereocenters. The van der Waals surface area contributed by atoms with Crippen molar-refractivity contribution in [2.75, 3.05) is 13.2 Å². The Morgan fingerprint density at radius 3 is 2.54 bits per heavy atom. The molecule has 0 fully saturated rings. The van der Waals surface area contributed by atoms with E-state index in [4.69, 9.17) is 10.2 Å². The first-order valence-electron chi connectivity index (χ1n) is 4.36. The Labute approximate surface area is 78.3 Å². The summed E-state index contributed by atoms with van der Waals surface area (Å²) in [6, 6.07) is -0.531. The van der Waals surface area contributed by atoms with E-state index >= 15 is 0 Å². The van der Waals surface area contributed by atoms with Crippen LogP contribution in [0.2, 0.25) is 0 Å². The van der Waals surface area contributed by atoms with Crippen molar-refractivity contribution in [3.05, 3.63) is 12.7 Å². The Balaban J connectivity index is 3.53. The molecular weight excluding hydrogens is 170 g/mol. The molecule has 0 saturated heterocycles. The molecule has 0 aromatic carbocycles. The van der Waals surface area contributed by atoms with Crippen molar-refractivity contribution in [3.63, 3.8) is 0 Å². The van der Waals surface area contributed by atoms with E-state index in [1.807, 2.05) is 0 Å². The van der Waals surface area contributed by atoms with E-state index < -0.39 is 6.04 Å². The van der Waals surface area contributed by atoms with Crippen LogP contribution in [0.15, 0.2) is 12.7 Å². The van der Waals surface area contributed by atoms with Gasteiger partial charge in [0.15, 0.2) is 0 Å². The Bertz CT molecular complexity index is 155. The molecule has 0 aliphatic rings. The lowest BCUT2D eigenvalue weighted by atomic mass is 10.2. The number of unbranched alkanes of at least 4 members (excludes halogenated alkanes) is 1. The Kier molecular flexibility index (Phi) is 7.24. The Morgan fingerprint density at radius 2 is 2.08 bits per heavy atom. The molecule has 1 amide bonds. The quantitative estimate of drug-likeness (QED) is 0.382. The average molecular weight is 187 g/mol. The van der Waals surface area contributed by atoms with Gasteiger partial charge >= 0.3 is 0 Å². The van der Waals surface area contributed by atoms with Crippen LogP contribution in [-0.4, -0.2) is 35.4 Å². The van der Waals surface area contributed by atoms with E-state index in [2.05, 4.69) is 11.9 Å². The summed E-state index contributed by atoms with van der Waals surface area (Å²) in [7, 11) is 0. The molecule has 0 aliphatic carbocycles. The maximum atomic E-state index is 11.1. The molecule has 0 bridgehead atoms. The lowest BCUT2D eigenvalue weighted by Gasteiger charge is -2.12. The zero-order valence-corrected chi connectivity index (χ0v) is 7.70. The van der Waals surface area contributed by atoms with Crippen molar-refractivity contribution in [1.82, 2.24) is 5.32 Å². The molecule has 0 spiro atoms. The summed E-state index contributed by atoms with van der Waals surface area (Å²) >= 11 is 0. The lowest BCUT2D eigenvalue weighted by Crippen LogP contribution is -2.39. The molecular formula is C9H17NO3. The topological polar surface area (TPSA) is 69.6 Å². The minimum Gasteiger partial charge on any atom is -0.394 e. The third-order valence-electron chi connectivity index (χ3n) is 1.62. The lowest BCUT2D eigenvalue weighted by molar-refractivity contribution is -0.122. The second kappa shape index (κ2) is 7.76. The van der Waals surface area contributed by atoms with E-state index in [0.717, 1.165) is 12.8 Å². The molecule has 4 heteroatoms. The van der Waals surface area contributed by atoms with Gasteiger partial charge in [0, 0.05) is 6.42 Å². The van der Waals surface area contributed by atoms with Crippen molar-refractivity contribution < 1.29 is 15.0 Å². The molecule has 76 valence electrons. The predicted molar refractivity (Wildman–Crippen MR) is 50.2 cm³/mol. The first-order chi connectivity index (χ1) is 6.24. The Morgan fingerprint density at radius 1 is 1.46 bits per heavy atom. The van der Waals surface area contributed by atoms with Crippen LogP contribution in [0.3, 0.4) is 0 Å². The van der Waals surface area contributed by atoms with E-state index in [9.17, 15) is 4.79 Å². The van der Waals surface area contributed by atoms with Gasteiger partial charge in [-0.3, -0.25) is 4.79 Å². The first kappa shape index (κ1) is 12.1. The van der Waals surface area contributed by atoms with Crippen molar-refractivity contribution in [2.24, 2.45) is 0 Å². The van der Waals surface area contributed by atoms with Crippen LogP contribution in [0.1, 0.15) is 19.3 Å². The summed E-state index contributed by atoms with van der Waals surface area (Å²) in [6.45, 7) is 3.07. The predicted octanol–water partition coefficient (Wildman–Crippen LogP) is -0.188. The van der Waals surface area contributed by atoms with Crippen LogP contribution < -0.4 is 5.32 Å². The number of rotatable bonds is 7. The number of aliphatic hydroxyl groups is 2. The molecule has 0 heterocycles. The zero-order chi connectivity index (χ0) is 10.1. The van der Waals surface area contributed by atoms with E-state index in [1.165, 1.54) is 0 Å². The highest BCUT2D eigenvalue weighted by Gasteiger charge is 2.08. The zero-order valence-electron chi connectivity index (χ0n) is 7.70. The molecule has 0 saturated carbocycles. The second-order valence-electron chi connectivity index (χ2n) is 2.81. The number of hydrogen-bond acceptors (Lipinski definition) is 3. The highest BCUT2D eigenvalue weighted by atomic mass is 16.3. The Hall–Kier alpha value is -0.870. The van der Waals surface area contributed by atoms with Crippen molar-refractivity contribution >= 4 is 5.91 Å². The smallest absolute Gasteiger partial charge is 0.220 e. The maximum absolute atomic E-state index is 11.1. The SMILES string of the molecule is C=CCCCC(=O)NC(CO)CO. The van der Waals surface area contributed by atoms with Crippen LogP contribution in [0.25, 0.3) is 0 Å². The minimum atomic E-state index is -0.531. The van der Waals surface area contributed by atoms with Crippen LogP contribution in [0, 0.1) is 0 Å². The highest BCUT2D eigenvalue weighted by Crippen LogP contribution is 1.95. The number of hydrogen-bond donors (Lipinski definition) is 3. The number of nitrogens with one attached hydrogen (secondary N) is 1. The summed E-state index contributed by atoms with van der Waals surface area (Å²) in [4.78, 5) is 11.1. The molecule has 0 aromatic heterocycles. The fraction of sp³-hybridized carbons (Fsp3) is 0.667. The van der Waals surface area contributed by atoms with Crippen LogP contribution in [0.5, 0.6) is 0 Å². The summed E-state index contributed by atoms with van der Waals surface area (Å²) in [5.41, 5.74) is 0. The molecule has 3 N–H and O–H groups in total. The molecule has 0 aromatic rings. The third kappa shape index (κ3) is 6.31. The normalized spacial score (nSPS) is 10.1. The monoisotopic (exact) mass is 187 g/mol. The molecule has 0 rings (SSSR count). The number of allylic oxidation sites excluding steroid dienone is 1. The first-order valence-corrected chi connectivity index (χ1v) is 4.36. The summed E-state index contributed by atoms with van der Waals surface area (Å²) in [5.74, 6) is -0.144. The van der Waals surface area contributed by atoms with Gasteiger partial charge in [0.25, 0.3) is 0 Å². The standard InChI is InChI=1S/C9H17NO3/c1-2-3-4-5-9(13)10-8(6-11)7-12/h2,8,11-12H,1,3-7H2,(H,10,13). The van der Waals surface area contributed by atoms with E-state index in [1.54, 1.807) is 6.08 Å². The van der Waals surface area contributed by atoms with Gasteiger partial charge in [0.1, 0.15) is 0 Å². The average Bonchev–Trinajstić information content (AvgIpc) is 2.14. The van der Waals surface area contributed by atoms with Crippen molar-refractivity contribution in [3.8, 4) is 0 Å². The van der Waals surface area contributed by atoms with Gasteiger partial charge in [-0.05, 0) is 12.8 Å². The largest absolute Gasteiger partial charge is 0.394 e. The van der Waals surface area contributed by atoms with Crippen LogP contribution in [0.4, 0.5) is 0 Å². The summed E-state index contributed by atoms with van der Waals surface area (Å²) < 4.78 is 0. The summed E-state index contributed by atoms with van der Waals surface area (Å²) in [6.07, 6.45) is 3.71. The van der Waals surface area contributed by atoms with Gasteiger partial charge in [-0.15, -0.1) is 6.58 Å². The van der Waals surface area contributed by atoms with Gasteiger partial charge in [-0.25, -0.2) is 0 Å². The van der Waals surface area contributed by atoms with Gasteiger partial charge in [0.2, 0.25) is 5.91 Å². The maximum Gasteiger partial charge on any atom is 0.220 e. The van der Waals surface area contributed by atoms with E-state index in [-0.39, 0.29) is 19.1 Å². The highest BCUT2D eigenvalue weighted by molar-refractivity contribution is 5.76.